The minimum absolute atomic E-state index is 0.180. The summed E-state index contributed by atoms with van der Waals surface area (Å²) in [6.45, 7) is 3.96. The summed E-state index contributed by atoms with van der Waals surface area (Å²) in [5, 5.41) is 0. The molecule has 1 aliphatic rings. The molecule has 0 spiro atoms. The summed E-state index contributed by atoms with van der Waals surface area (Å²) in [5.74, 6) is 1.69. The molecule has 3 nitrogen and oxygen atoms in total. The van der Waals surface area contributed by atoms with Crippen molar-refractivity contribution < 1.29 is 4.74 Å². The van der Waals surface area contributed by atoms with Crippen molar-refractivity contribution in [3.8, 4) is 5.75 Å². The maximum atomic E-state index is 6.10. The molecule has 0 aromatic heterocycles. The van der Waals surface area contributed by atoms with Crippen LogP contribution in [0.4, 0.5) is 0 Å². The van der Waals surface area contributed by atoms with Gasteiger partial charge in [-0.05, 0) is 49.9 Å². The molecule has 0 amide bonds. The Morgan fingerprint density at radius 1 is 1.32 bits per heavy atom. The first-order chi connectivity index (χ1) is 9.16. The van der Waals surface area contributed by atoms with Gasteiger partial charge in [0, 0.05) is 18.6 Å². The van der Waals surface area contributed by atoms with Crippen molar-refractivity contribution in [2.45, 2.75) is 38.3 Å². The number of methoxy groups -OCH3 is 1. The highest BCUT2D eigenvalue weighted by Crippen LogP contribution is 2.44. The van der Waals surface area contributed by atoms with E-state index in [1.165, 1.54) is 18.4 Å². The highest BCUT2D eigenvalue weighted by Gasteiger charge is 2.45. The molecular weight excluding hydrogens is 236 g/mol. The van der Waals surface area contributed by atoms with Gasteiger partial charge in [0.2, 0.25) is 0 Å². The molecule has 106 valence electrons. The second-order valence-electron chi connectivity index (χ2n) is 5.64. The summed E-state index contributed by atoms with van der Waals surface area (Å²) < 4.78 is 5.20. The fourth-order valence-corrected chi connectivity index (χ4v) is 3.12. The van der Waals surface area contributed by atoms with Gasteiger partial charge in [0.25, 0.3) is 0 Å². The van der Waals surface area contributed by atoms with E-state index < -0.39 is 0 Å². The molecule has 1 aliphatic carbocycles. The van der Waals surface area contributed by atoms with Crippen LogP contribution >= 0.6 is 0 Å². The molecule has 0 bridgehead atoms. The number of nitrogens with zero attached hydrogens (tertiary/aromatic N) is 1. The van der Waals surface area contributed by atoms with Crippen LogP contribution in [0.3, 0.4) is 0 Å². The molecule has 1 aromatic rings. The van der Waals surface area contributed by atoms with Gasteiger partial charge in [0.15, 0.2) is 0 Å². The standard InChI is InChI=1S/C16H26N2O/c1-4-16(12-17,14-7-8-14)18(2)11-13-5-9-15(19-3)10-6-13/h5-6,9-10,14H,4,7-8,11-12,17H2,1-3H3. The summed E-state index contributed by atoms with van der Waals surface area (Å²) >= 11 is 0. The lowest BCUT2D eigenvalue weighted by atomic mass is 9.88. The van der Waals surface area contributed by atoms with Gasteiger partial charge in [-0.2, -0.15) is 0 Å². The quantitative estimate of drug-likeness (QED) is 0.821. The first kappa shape index (κ1) is 14.4. The van der Waals surface area contributed by atoms with Crippen LogP contribution in [0.15, 0.2) is 24.3 Å². The van der Waals surface area contributed by atoms with Crippen molar-refractivity contribution in [1.29, 1.82) is 0 Å². The van der Waals surface area contributed by atoms with Crippen LogP contribution in [0.2, 0.25) is 0 Å². The molecule has 0 heterocycles. The largest absolute Gasteiger partial charge is 0.497 e. The Morgan fingerprint density at radius 3 is 2.37 bits per heavy atom. The Hall–Kier alpha value is -1.06. The Kier molecular flexibility index (Phi) is 4.48. The molecule has 1 saturated carbocycles. The van der Waals surface area contributed by atoms with E-state index in [0.717, 1.165) is 31.2 Å². The number of ether oxygens (including phenoxy) is 1. The average Bonchev–Trinajstić information content (AvgIpc) is 3.27. The van der Waals surface area contributed by atoms with Gasteiger partial charge in [-0.1, -0.05) is 19.1 Å². The van der Waals surface area contributed by atoms with Crippen molar-refractivity contribution >= 4 is 0 Å². The predicted molar refractivity (Wildman–Crippen MR) is 79.3 cm³/mol. The second kappa shape index (κ2) is 5.93. The summed E-state index contributed by atoms with van der Waals surface area (Å²) in [4.78, 5) is 2.45. The molecule has 2 N–H and O–H groups in total. The molecule has 3 heteroatoms. The van der Waals surface area contributed by atoms with Crippen molar-refractivity contribution in [2.24, 2.45) is 11.7 Å². The Balaban J connectivity index is 2.07. The SMILES string of the molecule is CCC(CN)(C1CC1)N(C)Cc1ccc(OC)cc1. The predicted octanol–water partition coefficient (Wildman–Crippen LogP) is 2.64. The molecule has 1 fully saturated rings. The highest BCUT2D eigenvalue weighted by molar-refractivity contribution is 5.27. The zero-order chi connectivity index (χ0) is 13.9. The van der Waals surface area contributed by atoms with Crippen LogP contribution in [0.5, 0.6) is 5.75 Å². The molecule has 0 saturated heterocycles. The highest BCUT2D eigenvalue weighted by atomic mass is 16.5. The average molecular weight is 262 g/mol. The third-order valence-corrected chi connectivity index (χ3v) is 4.64. The molecule has 2 rings (SSSR count). The topological polar surface area (TPSA) is 38.5 Å². The van der Waals surface area contributed by atoms with E-state index in [0.29, 0.717) is 0 Å². The van der Waals surface area contributed by atoms with Crippen molar-refractivity contribution in [2.75, 3.05) is 20.7 Å². The Bertz CT molecular complexity index is 394. The molecule has 1 aromatic carbocycles. The third kappa shape index (κ3) is 2.93. The maximum absolute atomic E-state index is 6.10. The van der Waals surface area contributed by atoms with E-state index in [-0.39, 0.29) is 5.54 Å². The fraction of sp³-hybridized carbons (Fsp3) is 0.625. The van der Waals surface area contributed by atoms with E-state index in [9.17, 15) is 0 Å². The van der Waals surface area contributed by atoms with Crippen LogP contribution in [-0.4, -0.2) is 31.1 Å². The molecule has 1 atom stereocenters. The van der Waals surface area contributed by atoms with Gasteiger partial charge in [-0.3, -0.25) is 4.90 Å². The first-order valence-corrected chi connectivity index (χ1v) is 7.20. The summed E-state index contributed by atoms with van der Waals surface area (Å²) in [7, 11) is 3.91. The Labute approximate surface area is 116 Å². The van der Waals surface area contributed by atoms with E-state index in [2.05, 4.69) is 31.0 Å². The van der Waals surface area contributed by atoms with Crippen LogP contribution in [0.1, 0.15) is 31.7 Å². The van der Waals surface area contributed by atoms with E-state index in [1.54, 1.807) is 7.11 Å². The smallest absolute Gasteiger partial charge is 0.118 e. The summed E-state index contributed by atoms with van der Waals surface area (Å²) in [6.07, 6.45) is 3.79. The van der Waals surface area contributed by atoms with Crippen molar-refractivity contribution in [3.63, 3.8) is 0 Å². The summed E-state index contributed by atoms with van der Waals surface area (Å²) in [5.41, 5.74) is 7.59. The zero-order valence-corrected chi connectivity index (χ0v) is 12.4. The van der Waals surface area contributed by atoms with Gasteiger partial charge in [-0.15, -0.1) is 0 Å². The second-order valence-corrected chi connectivity index (χ2v) is 5.64. The number of likely N-dealkylation sites (N-methyl/N-ethyl adjacent to an activating group) is 1. The van der Waals surface area contributed by atoms with Gasteiger partial charge in [0.05, 0.1) is 7.11 Å². The number of hydrogen-bond acceptors (Lipinski definition) is 3. The van der Waals surface area contributed by atoms with Crippen LogP contribution in [-0.2, 0) is 6.54 Å². The van der Waals surface area contributed by atoms with Gasteiger partial charge >= 0.3 is 0 Å². The minimum Gasteiger partial charge on any atom is -0.497 e. The normalized spacial score (nSPS) is 18.4. The lowest BCUT2D eigenvalue weighted by Crippen LogP contribution is -2.53. The lowest BCUT2D eigenvalue weighted by Gasteiger charge is -2.41. The monoisotopic (exact) mass is 262 g/mol. The van der Waals surface area contributed by atoms with E-state index in [4.69, 9.17) is 10.5 Å². The molecule has 1 unspecified atom stereocenters. The number of rotatable bonds is 7. The van der Waals surface area contributed by atoms with Crippen molar-refractivity contribution in [3.05, 3.63) is 29.8 Å². The first-order valence-electron chi connectivity index (χ1n) is 7.20. The number of benzene rings is 1. The van der Waals surface area contributed by atoms with Gasteiger partial charge < -0.3 is 10.5 Å². The van der Waals surface area contributed by atoms with Crippen molar-refractivity contribution in [1.82, 2.24) is 4.90 Å². The van der Waals surface area contributed by atoms with Crippen LogP contribution in [0, 0.1) is 5.92 Å². The molecular formula is C16H26N2O. The van der Waals surface area contributed by atoms with E-state index >= 15 is 0 Å². The van der Waals surface area contributed by atoms with Crippen LogP contribution < -0.4 is 10.5 Å². The zero-order valence-electron chi connectivity index (χ0n) is 12.4. The minimum atomic E-state index is 0.180. The fourth-order valence-electron chi connectivity index (χ4n) is 3.12. The molecule has 0 aliphatic heterocycles. The van der Waals surface area contributed by atoms with Gasteiger partial charge in [-0.25, -0.2) is 0 Å². The van der Waals surface area contributed by atoms with Crippen LogP contribution in [0.25, 0.3) is 0 Å². The number of hydrogen-bond donors (Lipinski definition) is 1. The summed E-state index contributed by atoms with van der Waals surface area (Å²) in [6, 6.07) is 8.32. The molecule has 19 heavy (non-hydrogen) atoms. The Morgan fingerprint density at radius 2 is 1.95 bits per heavy atom. The number of nitrogens with two attached hydrogens (primary N) is 1. The molecule has 0 radical (unpaired) electrons. The maximum Gasteiger partial charge on any atom is 0.118 e. The third-order valence-electron chi connectivity index (χ3n) is 4.64. The lowest BCUT2D eigenvalue weighted by molar-refractivity contribution is 0.0891. The van der Waals surface area contributed by atoms with E-state index in [1.807, 2.05) is 12.1 Å². The van der Waals surface area contributed by atoms with Gasteiger partial charge in [0.1, 0.15) is 5.75 Å².